The standard InChI is InChI=1S/C35H43N5O4/c1-23(34(2,3)4)39(32(41)43-22-24-11-9-8-10-12-24)21-25-13-16-29-28(19-25)37-31(36)40(29)27-15-14-26-17-18-38(30(26)20-27)33(42)44-35(5,6)7/h8-16,19-20,23H,17-18,21-22H2,1-7H3,(H2,36,37)/t23-/m0/s1. The van der Waals surface area contributed by atoms with E-state index in [0.29, 0.717) is 24.6 Å². The first-order valence-corrected chi connectivity index (χ1v) is 15.1. The summed E-state index contributed by atoms with van der Waals surface area (Å²) in [6.07, 6.45) is 0.0299. The third-order valence-corrected chi connectivity index (χ3v) is 8.09. The number of benzene rings is 3. The zero-order valence-electron chi connectivity index (χ0n) is 26.8. The Morgan fingerprint density at radius 2 is 1.70 bits per heavy atom. The van der Waals surface area contributed by atoms with E-state index in [1.54, 1.807) is 9.80 Å². The molecule has 2 heterocycles. The predicted molar refractivity (Wildman–Crippen MR) is 174 cm³/mol. The number of amides is 2. The quantitative estimate of drug-likeness (QED) is 0.247. The van der Waals surface area contributed by atoms with Crippen LogP contribution in [0, 0.1) is 5.41 Å². The maximum Gasteiger partial charge on any atom is 0.414 e. The van der Waals surface area contributed by atoms with Crippen LogP contribution in [-0.4, -0.2) is 44.8 Å². The monoisotopic (exact) mass is 597 g/mol. The van der Waals surface area contributed by atoms with Crippen LogP contribution in [0.1, 0.15) is 65.2 Å². The summed E-state index contributed by atoms with van der Waals surface area (Å²) in [6.45, 7) is 15.1. The zero-order valence-corrected chi connectivity index (χ0v) is 26.8. The molecule has 0 radical (unpaired) electrons. The topological polar surface area (TPSA) is 103 Å². The molecule has 0 saturated heterocycles. The predicted octanol–water partition coefficient (Wildman–Crippen LogP) is 7.48. The van der Waals surface area contributed by atoms with Crippen LogP contribution in [0.3, 0.4) is 0 Å². The van der Waals surface area contributed by atoms with Gasteiger partial charge in [-0.2, -0.15) is 0 Å². The van der Waals surface area contributed by atoms with Gasteiger partial charge in [-0.25, -0.2) is 14.6 Å². The van der Waals surface area contributed by atoms with E-state index >= 15 is 0 Å². The van der Waals surface area contributed by atoms with Crippen LogP contribution >= 0.6 is 0 Å². The molecule has 9 heteroatoms. The summed E-state index contributed by atoms with van der Waals surface area (Å²) < 4.78 is 13.3. The first-order valence-electron chi connectivity index (χ1n) is 15.1. The van der Waals surface area contributed by atoms with Crippen molar-refractivity contribution in [1.82, 2.24) is 14.5 Å². The zero-order chi connectivity index (χ0) is 31.8. The summed E-state index contributed by atoms with van der Waals surface area (Å²) in [4.78, 5) is 34.4. The minimum Gasteiger partial charge on any atom is -0.445 e. The Balaban J connectivity index is 1.41. The molecule has 0 spiro atoms. The number of carbonyl (C=O) groups is 2. The number of fused-ring (bicyclic) bond motifs is 2. The van der Waals surface area contributed by atoms with Crippen molar-refractivity contribution >= 4 is 34.9 Å². The number of ether oxygens (including phenoxy) is 2. The maximum absolute atomic E-state index is 13.4. The lowest BCUT2D eigenvalue weighted by atomic mass is 9.87. The van der Waals surface area contributed by atoms with E-state index in [-0.39, 0.29) is 30.3 Å². The summed E-state index contributed by atoms with van der Waals surface area (Å²) in [7, 11) is 0. The molecule has 0 bridgehead atoms. The van der Waals surface area contributed by atoms with Crippen LogP contribution in [0.5, 0.6) is 0 Å². The first-order chi connectivity index (χ1) is 20.7. The molecule has 0 unspecified atom stereocenters. The highest BCUT2D eigenvalue weighted by Crippen LogP contribution is 2.34. The average molecular weight is 598 g/mol. The molecule has 1 aliphatic heterocycles. The van der Waals surface area contributed by atoms with E-state index in [1.165, 1.54) is 0 Å². The lowest BCUT2D eigenvalue weighted by Crippen LogP contribution is -2.45. The maximum atomic E-state index is 13.4. The number of nitrogens with two attached hydrogens (primary N) is 1. The van der Waals surface area contributed by atoms with Crippen molar-refractivity contribution in [2.24, 2.45) is 5.41 Å². The Kier molecular flexibility index (Phi) is 8.34. The second-order valence-electron chi connectivity index (χ2n) is 13.5. The van der Waals surface area contributed by atoms with Crippen molar-refractivity contribution in [3.05, 3.63) is 83.4 Å². The van der Waals surface area contributed by atoms with E-state index in [4.69, 9.17) is 15.2 Å². The van der Waals surface area contributed by atoms with Gasteiger partial charge in [0.15, 0.2) is 0 Å². The molecule has 1 aromatic heterocycles. The molecule has 1 aliphatic rings. The molecule has 0 aliphatic carbocycles. The third kappa shape index (κ3) is 6.67. The molecule has 9 nitrogen and oxygen atoms in total. The molecular weight excluding hydrogens is 554 g/mol. The summed E-state index contributed by atoms with van der Waals surface area (Å²) in [6, 6.07) is 21.5. The lowest BCUT2D eigenvalue weighted by molar-refractivity contribution is 0.0539. The van der Waals surface area contributed by atoms with E-state index in [2.05, 4.69) is 25.8 Å². The fraction of sp³-hybridized carbons (Fsp3) is 0.400. The number of hydrogen-bond donors (Lipinski definition) is 1. The third-order valence-electron chi connectivity index (χ3n) is 8.09. The van der Waals surface area contributed by atoms with Gasteiger partial charge in [0.05, 0.1) is 22.4 Å². The summed E-state index contributed by atoms with van der Waals surface area (Å²) >= 11 is 0. The molecule has 2 amide bonds. The van der Waals surface area contributed by atoms with Gasteiger partial charge in [0.2, 0.25) is 5.95 Å². The van der Waals surface area contributed by atoms with Crippen LogP contribution in [0.15, 0.2) is 66.7 Å². The van der Waals surface area contributed by atoms with Crippen molar-refractivity contribution in [2.75, 3.05) is 17.2 Å². The van der Waals surface area contributed by atoms with E-state index in [9.17, 15) is 9.59 Å². The number of imidazole rings is 1. The SMILES string of the molecule is C[C@H](N(Cc1ccc2c(c1)nc(N)n2-c1ccc2c(c1)N(C(=O)OC(C)(C)C)CC2)C(=O)OCc1ccccc1)C(C)(C)C. The Bertz CT molecular complexity index is 1670. The van der Waals surface area contributed by atoms with Gasteiger partial charge in [-0.3, -0.25) is 9.47 Å². The summed E-state index contributed by atoms with van der Waals surface area (Å²) in [5, 5.41) is 0. The van der Waals surface area contributed by atoms with Gasteiger partial charge >= 0.3 is 12.2 Å². The number of aromatic nitrogens is 2. The van der Waals surface area contributed by atoms with E-state index in [0.717, 1.165) is 40.0 Å². The number of rotatable bonds is 6. The molecule has 0 saturated carbocycles. The Hall–Kier alpha value is -4.53. The van der Waals surface area contributed by atoms with Gasteiger partial charge in [-0.15, -0.1) is 0 Å². The van der Waals surface area contributed by atoms with Gasteiger partial charge in [0.1, 0.15) is 12.2 Å². The normalized spacial score (nSPS) is 13.9. The molecule has 2 N–H and O–H groups in total. The van der Waals surface area contributed by atoms with Gasteiger partial charge in [-0.1, -0.05) is 63.2 Å². The molecule has 1 atom stereocenters. The molecule has 4 aromatic rings. The average Bonchev–Trinajstić information content (AvgIpc) is 3.52. The number of hydrogen-bond acceptors (Lipinski definition) is 6. The molecular formula is C35H43N5O4. The Morgan fingerprint density at radius 1 is 0.977 bits per heavy atom. The fourth-order valence-electron chi connectivity index (χ4n) is 5.35. The van der Waals surface area contributed by atoms with E-state index in [1.807, 2.05) is 99.0 Å². The number of carbonyl (C=O) groups excluding carboxylic acids is 2. The second kappa shape index (κ2) is 11.9. The largest absolute Gasteiger partial charge is 0.445 e. The lowest BCUT2D eigenvalue weighted by Gasteiger charge is -2.37. The number of nitrogen functional groups attached to an aromatic ring is 1. The van der Waals surface area contributed by atoms with Crippen molar-refractivity contribution < 1.29 is 19.1 Å². The van der Waals surface area contributed by atoms with Crippen LogP contribution in [0.25, 0.3) is 16.7 Å². The smallest absolute Gasteiger partial charge is 0.414 e. The van der Waals surface area contributed by atoms with Crippen molar-refractivity contribution in [2.45, 2.75) is 79.7 Å². The summed E-state index contributed by atoms with van der Waals surface area (Å²) in [5.41, 5.74) is 11.8. The number of anilines is 2. The highest BCUT2D eigenvalue weighted by molar-refractivity contribution is 5.91. The van der Waals surface area contributed by atoms with Gasteiger partial charge in [0.25, 0.3) is 0 Å². The number of nitrogens with zero attached hydrogens (tertiary/aromatic N) is 4. The highest BCUT2D eigenvalue weighted by atomic mass is 16.6. The van der Waals surface area contributed by atoms with Crippen LogP contribution < -0.4 is 10.6 Å². The summed E-state index contributed by atoms with van der Waals surface area (Å²) in [5.74, 6) is 0.334. The van der Waals surface area contributed by atoms with Crippen molar-refractivity contribution in [3.8, 4) is 5.69 Å². The minimum absolute atomic E-state index is 0.0940. The fourth-order valence-corrected chi connectivity index (χ4v) is 5.35. The Labute approximate surface area is 259 Å². The van der Waals surface area contributed by atoms with Crippen LogP contribution in [-0.2, 0) is 29.0 Å². The Morgan fingerprint density at radius 3 is 2.39 bits per heavy atom. The van der Waals surface area contributed by atoms with Crippen LogP contribution in [0.2, 0.25) is 0 Å². The van der Waals surface area contributed by atoms with Crippen LogP contribution in [0.4, 0.5) is 21.2 Å². The van der Waals surface area contributed by atoms with Gasteiger partial charge < -0.3 is 20.1 Å². The minimum atomic E-state index is -0.584. The molecule has 232 valence electrons. The first kappa shape index (κ1) is 30.9. The highest BCUT2D eigenvalue weighted by Gasteiger charge is 2.32. The molecule has 0 fully saturated rings. The second-order valence-corrected chi connectivity index (χ2v) is 13.5. The van der Waals surface area contributed by atoms with Crippen molar-refractivity contribution in [1.29, 1.82) is 0 Å². The van der Waals surface area contributed by atoms with Gasteiger partial charge in [0, 0.05) is 19.1 Å². The molecule has 44 heavy (non-hydrogen) atoms. The molecule has 5 rings (SSSR count). The van der Waals surface area contributed by atoms with E-state index < -0.39 is 5.60 Å². The van der Waals surface area contributed by atoms with Crippen molar-refractivity contribution in [3.63, 3.8) is 0 Å². The van der Waals surface area contributed by atoms with Gasteiger partial charge in [-0.05, 0) is 80.5 Å². The molecule has 3 aromatic carbocycles.